The molecule has 8 heteroatoms. The van der Waals surface area contributed by atoms with E-state index in [-0.39, 0.29) is 25.4 Å². The molecular weight excluding hydrogens is 354 g/mol. The summed E-state index contributed by atoms with van der Waals surface area (Å²) >= 11 is 0. The highest BCUT2D eigenvalue weighted by Crippen LogP contribution is 2.08. The number of carbonyl (C=O) groups is 2. The zero-order valence-corrected chi connectivity index (χ0v) is 15.7. The molecule has 0 bridgehead atoms. The van der Waals surface area contributed by atoms with Gasteiger partial charge in [-0.15, -0.1) is 0 Å². The van der Waals surface area contributed by atoms with Crippen molar-refractivity contribution in [1.29, 1.82) is 0 Å². The molecule has 1 heterocycles. The monoisotopic (exact) mass is 379 g/mol. The Labute approximate surface area is 154 Å². The molecule has 0 spiro atoms. The van der Waals surface area contributed by atoms with Crippen LogP contribution in [0.15, 0.2) is 35.7 Å². The summed E-state index contributed by atoms with van der Waals surface area (Å²) in [7, 11) is -2.34. The molecule has 0 unspecified atom stereocenters. The number of hydrogen-bond acceptors (Lipinski definition) is 4. The van der Waals surface area contributed by atoms with Crippen molar-refractivity contribution >= 4 is 27.9 Å². The second-order valence-electron chi connectivity index (χ2n) is 6.20. The standard InChI is InChI=1S/C18H25N3O4S/c1-20(26(24,25)14-10-16-7-3-2-4-8-16)15-17(22)19-11-9-18(23)21-12-5-6-13-21/h2-4,7-8,10,14H,5-6,9,11-13,15H2,1H3,(H,19,22)/b14-10+. The number of likely N-dealkylation sites (tertiary alicyclic amines) is 1. The highest BCUT2D eigenvalue weighted by molar-refractivity contribution is 7.92. The summed E-state index contributed by atoms with van der Waals surface area (Å²) in [6.07, 6.45) is 3.77. The van der Waals surface area contributed by atoms with Crippen molar-refractivity contribution in [3.63, 3.8) is 0 Å². The molecule has 1 N–H and O–H groups in total. The molecule has 1 aliphatic heterocycles. The maximum absolute atomic E-state index is 12.2. The normalized spacial score (nSPS) is 14.9. The fourth-order valence-corrected chi connectivity index (χ4v) is 3.45. The maximum atomic E-state index is 12.2. The van der Waals surface area contributed by atoms with Gasteiger partial charge in [0, 0.05) is 38.5 Å². The Balaban J connectivity index is 1.76. The summed E-state index contributed by atoms with van der Waals surface area (Å²) in [6, 6.07) is 9.04. The molecule has 1 aliphatic rings. The van der Waals surface area contributed by atoms with E-state index in [2.05, 4.69) is 5.32 Å². The van der Waals surface area contributed by atoms with Gasteiger partial charge in [-0.3, -0.25) is 9.59 Å². The number of benzene rings is 1. The predicted octanol–water partition coefficient (Wildman–Crippen LogP) is 1.05. The lowest BCUT2D eigenvalue weighted by Gasteiger charge is -2.16. The lowest BCUT2D eigenvalue weighted by molar-refractivity contribution is -0.130. The average molecular weight is 379 g/mol. The first-order chi connectivity index (χ1) is 12.4. The van der Waals surface area contributed by atoms with Gasteiger partial charge in [0.05, 0.1) is 6.54 Å². The quantitative estimate of drug-likeness (QED) is 0.731. The Morgan fingerprint density at radius 2 is 1.85 bits per heavy atom. The Morgan fingerprint density at radius 1 is 1.19 bits per heavy atom. The van der Waals surface area contributed by atoms with Crippen molar-refractivity contribution < 1.29 is 18.0 Å². The number of sulfonamides is 1. The van der Waals surface area contributed by atoms with Crippen molar-refractivity contribution in [1.82, 2.24) is 14.5 Å². The van der Waals surface area contributed by atoms with Crippen LogP contribution in [-0.4, -0.2) is 62.7 Å². The van der Waals surface area contributed by atoms with Gasteiger partial charge in [0.25, 0.3) is 0 Å². The molecule has 7 nitrogen and oxygen atoms in total. The van der Waals surface area contributed by atoms with Crippen LogP contribution in [0.1, 0.15) is 24.8 Å². The van der Waals surface area contributed by atoms with E-state index in [1.165, 1.54) is 13.1 Å². The van der Waals surface area contributed by atoms with Gasteiger partial charge in [-0.25, -0.2) is 8.42 Å². The minimum Gasteiger partial charge on any atom is -0.354 e. The van der Waals surface area contributed by atoms with E-state index in [0.717, 1.165) is 41.2 Å². The average Bonchev–Trinajstić information content (AvgIpc) is 3.15. The van der Waals surface area contributed by atoms with E-state index in [4.69, 9.17) is 0 Å². The van der Waals surface area contributed by atoms with Crippen molar-refractivity contribution in [2.45, 2.75) is 19.3 Å². The highest BCUT2D eigenvalue weighted by Gasteiger charge is 2.19. The summed E-state index contributed by atoms with van der Waals surface area (Å²) in [5, 5.41) is 3.67. The third-order valence-electron chi connectivity index (χ3n) is 4.15. The third kappa shape index (κ3) is 6.27. The van der Waals surface area contributed by atoms with Gasteiger partial charge < -0.3 is 10.2 Å². The molecule has 1 fully saturated rings. The van der Waals surface area contributed by atoms with Crippen LogP contribution < -0.4 is 5.32 Å². The minimum absolute atomic E-state index is 0.0228. The molecule has 2 rings (SSSR count). The SMILES string of the molecule is CN(CC(=O)NCCC(=O)N1CCCC1)S(=O)(=O)/C=C/c1ccccc1. The second-order valence-corrected chi connectivity index (χ2v) is 8.13. The minimum atomic E-state index is -3.69. The number of likely N-dealkylation sites (N-methyl/N-ethyl adjacent to an activating group) is 1. The Bertz CT molecular complexity index is 741. The molecule has 1 aromatic rings. The zero-order chi connectivity index (χ0) is 19.0. The van der Waals surface area contributed by atoms with Gasteiger partial charge in [-0.05, 0) is 24.5 Å². The van der Waals surface area contributed by atoms with Crippen molar-refractivity contribution in [2.75, 3.05) is 33.2 Å². The smallest absolute Gasteiger partial charge is 0.236 e. The Kier molecular flexibility index (Phi) is 7.35. The van der Waals surface area contributed by atoms with Crippen LogP contribution in [0.4, 0.5) is 0 Å². The van der Waals surface area contributed by atoms with Crippen molar-refractivity contribution in [3.8, 4) is 0 Å². The summed E-state index contributed by atoms with van der Waals surface area (Å²) in [6.45, 7) is 1.48. The zero-order valence-electron chi connectivity index (χ0n) is 14.9. The van der Waals surface area contributed by atoms with E-state index < -0.39 is 15.9 Å². The number of hydrogen-bond donors (Lipinski definition) is 1. The number of amides is 2. The Morgan fingerprint density at radius 3 is 2.50 bits per heavy atom. The van der Waals surface area contributed by atoms with Crippen LogP contribution in [0.2, 0.25) is 0 Å². The number of rotatable bonds is 8. The molecule has 0 radical (unpaired) electrons. The largest absolute Gasteiger partial charge is 0.354 e. The van der Waals surface area contributed by atoms with Crippen LogP contribution in [-0.2, 0) is 19.6 Å². The van der Waals surface area contributed by atoms with Gasteiger partial charge in [0.1, 0.15) is 0 Å². The van der Waals surface area contributed by atoms with E-state index >= 15 is 0 Å². The van der Waals surface area contributed by atoms with Crippen LogP contribution in [0.5, 0.6) is 0 Å². The number of nitrogens with zero attached hydrogens (tertiary/aromatic N) is 2. The molecule has 2 amide bonds. The van der Waals surface area contributed by atoms with Crippen molar-refractivity contribution in [2.24, 2.45) is 0 Å². The summed E-state index contributed by atoms with van der Waals surface area (Å²) in [5.74, 6) is -0.409. The highest BCUT2D eigenvalue weighted by atomic mass is 32.2. The predicted molar refractivity (Wildman–Crippen MR) is 100 cm³/mol. The third-order valence-corrected chi connectivity index (χ3v) is 5.63. The lowest BCUT2D eigenvalue weighted by atomic mass is 10.2. The first kappa shape index (κ1) is 20.1. The molecule has 0 saturated carbocycles. The first-order valence-corrected chi connectivity index (χ1v) is 10.1. The lowest BCUT2D eigenvalue weighted by Crippen LogP contribution is -2.39. The number of nitrogens with one attached hydrogen (secondary N) is 1. The van der Waals surface area contributed by atoms with Gasteiger partial charge in [-0.1, -0.05) is 30.3 Å². The van der Waals surface area contributed by atoms with E-state index in [1.54, 1.807) is 17.0 Å². The summed E-state index contributed by atoms with van der Waals surface area (Å²) < 4.78 is 25.4. The summed E-state index contributed by atoms with van der Waals surface area (Å²) in [4.78, 5) is 25.6. The van der Waals surface area contributed by atoms with Gasteiger partial charge in [-0.2, -0.15) is 4.31 Å². The van der Waals surface area contributed by atoms with Crippen LogP contribution in [0, 0.1) is 0 Å². The van der Waals surface area contributed by atoms with E-state index in [0.29, 0.717) is 0 Å². The van der Waals surface area contributed by atoms with E-state index in [9.17, 15) is 18.0 Å². The molecule has 0 atom stereocenters. The molecular formula is C18H25N3O4S. The van der Waals surface area contributed by atoms with Crippen LogP contribution >= 0.6 is 0 Å². The van der Waals surface area contributed by atoms with Gasteiger partial charge >= 0.3 is 0 Å². The van der Waals surface area contributed by atoms with Gasteiger partial charge in [0.15, 0.2) is 0 Å². The molecule has 142 valence electrons. The fraction of sp³-hybridized carbons (Fsp3) is 0.444. The van der Waals surface area contributed by atoms with Gasteiger partial charge in [0.2, 0.25) is 21.8 Å². The van der Waals surface area contributed by atoms with E-state index in [1.807, 2.05) is 18.2 Å². The maximum Gasteiger partial charge on any atom is 0.236 e. The molecule has 1 saturated heterocycles. The van der Waals surface area contributed by atoms with Crippen molar-refractivity contribution in [3.05, 3.63) is 41.3 Å². The first-order valence-electron chi connectivity index (χ1n) is 8.62. The summed E-state index contributed by atoms with van der Waals surface area (Å²) in [5.41, 5.74) is 0.759. The van der Waals surface area contributed by atoms with Crippen LogP contribution in [0.25, 0.3) is 6.08 Å². The Hall–Kier alpha value is -2.19. The second kappa shape index (κ2) is 9.49. The fourth-order valence-electron chi connectivity index (χ4n) is 2.61. The topological polar surface area (TPSA) is 86.8 Å². The molecule has 0 aromatic heterocycles. The molecule has 26 heavy (non-hydrogen) atoms. The van der Waals surface area contributed by atoms with Crippen LogP contribution in [0.3, 0.4) is 0 Å². The molecule has 0 aliphatic carbocycles. The number of carbonyl (C=O) groups excluding carboxylic acids is 2. The molecule has 1 aromatic carbocycles.